The molecule has 1 fully saturated rings. The summed E-state index contributed by atoms with van der Waals surface area (Å²) in [4.78, 5) is 0. The lowest BCUT2D eigenvalue weighted by molar-refractivity contribution is 0.658. The largest absolute Gasteiger partial charge is 0.319 e. The van der Waals surface area contributed by atoms with Gasteiger partial charge in [0.15, 0.2) is 0 Å². The second-order valence-corrected chi connectivity index (χ2v) is 6.93. The van der Waals surface area contributed by atoms with Crippen molar-refractivity contribution in [3.63, 3.8) is 0 Å². The highest BCUT2D eigenvalue weighted by molar-refractivity contribution is 7.11. The van der Waals surface area contributed by atoms with Crippen LogP contribution >= 0.6 is 11.3 Å². The number of hydrogen-bond acceptors (Lipinski definition) is 4. The molecule has 1 aromatic heterocycles. The first kappa shape index (κ1) is 12.5. The van der Waals surface area contributed by atoms with E-state index in [0.29, 0.717) is 11.8 Å². The molecular weight excluding hydrogens is 266 g/mol. The van der Waals surface area contributed by atoms with E-state index >= 15 is 0 Å². The average Bonchev–Trinajstić information content (AvgIpc) is 3.06. The Morgan fingerprint density at radius 2 is 2.15 bits per heavy atom. The molecule has 1 heterocycles. The number of rotatable bonds is 4. The van der Waals surface area contributed by atoms with Gasteiger partial charge in [-0.3, -0.25) is 0 Å². The minimum absolute atomic E-state index is 0.638. The first-order valence-electron chi connectivity index (χ1n) is 7.43. The van der Waals surface area contributed by atoms with E-state index in [1.165, 1.54) is 22.9 Å². The first-order chi connectivity index (χ1) is 9.88. The summed E-state index contributed by atoms with van der Waals surface area (Å²) in [6, 6.07) is 8.95. The molecule has 2 aliphatic carbocycles. The third kappa shape index (κ3) is 1.98. The number of nitrogens with one attached hydrogen (secondary N) is 1. The van der Waals surface area contributed by atoms with Crippen molar-refractivity contribution in [1.29, 1.82) is 0 Å². The van der Waals surface area contributed by atoms with Gasteiger partial charge in [0, 0.05) is 18.9 Å². The number of likely N-dealkylation sites (N-methyl/N-ethyl adjacent to an activating group) is 1. The van der Waals surface area contributed by atoms with Crippen LogP contribution in [0.1, 0.15) is 39.4 Å². The van der Waals surface area contributed by atoms with Crippen molar-refractivity contribution in [2.45, 2.75) is 31.1 Å². The van der Waals surface area contributed by atoms with Crippen molar-refractivity contribution < 1.29 is 0 Å². The third-order valence-corrected chi connectivity index (χ3v) is 5.77. The van der Waals surface area contributed by atoms with Crippen LogP contribution in [0.4, 0.5) is 0 Å². The van der Waals surface area contributed by atoms with Crippen LogP contribution in [0.25, 0.3) is 0 Å². The number of nitrogens with zero attached hydrogens (tertiary/aromatic N) is 2. The van der Waals surface area contributed by atoms with Crippen LogP contribution in [-0.4, -0.2) is 23.8 Å². The van der Waals surface area contributed by atoms with Gasteiger partial charge >= 0.3 is 0 Å². The first-order valence-corrected chi connectivity index (χ1v) is 8.25. The fourth-order valence-electron chi connectivity index (χ4n) is 3.64. The summed E-state index contributed by atoms with van der Waals surface area (Å²) in [6.07, 6.45) is 3.55. The van der Waals surface area contributed by atoms with Crippen molar-refractivity contribution in [1.82, 2.24) is 15.5 Å². The molecule has 4 heteroatoms. The molecule has 1 saturated carbocycles. The van der Waals surface area contributed by atoms with E-state index in [0.717, 1.165) is 18.9 Å². The Bertz CT molecular complexity index is 622. The highest BCUT2D eigenvalue weighted by Crippen LogP contribution is 2.65. The summed E-state index contributed by atoms with van der Waals surface area (Å²) in [7, 11) is 1.98. The van der Waals surface area contributed by atoms with Crippen molar-refractivity contribution in [3.05, 3.63) is 45.4 Å². The zero-order chi connectivity index (χ0) is 13.5. The molecule has 1 N–H and O–H groups in total. The van der Waals surface area contributed by atoms with E-state index in [2.05, 4.69) is 39.8 Å². The fourth-order valence-corrected chi connectivity index (χ4v) is 4.70. The molecule has 104 valence electrons. The van der Waals surface area contributed by atoms with E-state index in [1.807, 2.05) is 18.4 Å². The average molecular weight is 285 g/mol. The Hall–Kier alpha value is -1.26. The summed E-state index contributed by atoms with van der Waals surface area (Å²) in [5, 5.41) is 14.4. The second kappa shape index (κ2) is 4.93. The van der Waals surface area contributed by atoms with Crippen LogP contribution in [0.3, 0.4) is 0 Å². The SMILES string of the molecule is CNCCc1nnc(C2C3CCc4ccccc4C32)s1. The molecule has 0 amide bonds. The summed E-state index contributed by atoms with van der Waals surface area (Å²) in [6.45, 7) is 0.981. The molecule has 4 rings (SSSR count). The lowest BCUT2D eigenvalue weighted by Crippen LogP contribution is -2.09. The number of fused-ring (bicyclic) bond motifs is 3. The van der Waals surface area contributed by atoms with E-state index in [4.69, 9.17) is 0 Å². The molecule has 3 unspecified atom stereocenters. The van der Waals surface area contributed by atoms with Gasteiger partial charge < -0.3 is 5.32 Å². The van der Waals surface area contributed by atoms with Gasteiger partial charge in [-0.25, -0.2) is 0 Å². The Labute approximate surface area is 123 Å². The smallest absolute Gasteiger partial charge is 0.121 e. The molecule has 3 atom stereocenters. The molecule has 1 aromatic carbocycles. The lowest BCUT2D eigenvalue weighted by atomic mass is 9.92. The number of hydrogen-bond donors (Lipinski definition) is 1. The predicted molar refractivity (Wildman–Crippen MR) is 81.3 cm³/mol. The summed E-state index contributed by atoms with van der Waals surface area (Å²) in [5.74, 6) is 2.17. The monoisotopic (exact) mass is 285 g/mol. The highest BCUT2D eigenvalue weighted by Gasteiger charge is 2.55. The molecule has 0 spiro atoms. The van der Waals surface area contributed by atoms with E-state index in [9.17, 15) is 0 Å². The van der Waals surface area contributed by atoms with Crippen LogP contribution in [-0.2, 0) is 12.8 Å². The van der Waals surface area contributed by atoms with Crippen LogP contribution in [0.15, 0.2) is 24.3 Å². The van der Waals surface area contributed by atoms with Crippen LogP contribution in [0.2, 0.25) is 0 Å². The molecular formula is C16H19N3S. The molecule has 20 heavy (non-hydrogen) atoms. The van der Waals surface area contributed by atoms with E-state index in [1.54, 1.807) is 11.1 Å². The molecule has 0 saturated heterocycles. The van der Waals surface area contributed by atoms with Crippen molar-refractivity contribution in [2.24, 2.45) is 5.92 Å². The number of benzene rings is 1. The summed E-state index contributed by atoms with van der Waals surface area (Å²) < 4.78 is 0. The third-order valence-electron chi connectivity index (χ3n) is 4.69. The number of aryl methyl sites for hydroxylation is 1. The molecule has 0 bridgehead atoms. The normalized spacial score (nSPS) is 26.9. The van der Waals surface area contributed by atoms with Gasteiger partial charge in [0.1, 0.15) is 10.0 Å². The predicted octanol–water partition coefficient (Wildman–Crippen LogP) is 2.74. The molecule has 2 aromatic rings. The van der Waals surface area contributed by atoms with Gasteiger partial charge in [0.2, 0.25) is 0 Å². The van der Waals surface area contributed by atoms with Crippen molar-refractivity contribution in [3.8, 4) is 0 Å². The zero-order valence-corrected chi connectivity index (χ0v) is 12.5. The Morgan fingerprint density at radius 3 is 3.05 bits per heavy atom. The Kier molecular flexibility index (Phi) is 3.08. The minimum Gasteiger partial charge on any atom is -0.319 e. The maximum absolute atomic E-state index is 4.47. The topological polar surface area (TPSA) is 37.8 Å². The van der Waals surface area contributed by atoms with Crippen LogP contribution in [0, 0.1) is 5.92 Å². The maximum atomic E-state index is 4.47. The van der Waals surface area contributed by atoms with E-state index < -0.39 is 0 Å². The van der Waals surface area contributed by atoms with Gasteiger partial charge in [-0.05, 0) is 42.9 Å². The second-order valence-electron chi connectivity index (χ2n) is 5.84. The molecule has 0 aliphatic heterocycles. The molecule has 2 aliphatic rings. The lowest BCUT2D eigenvalue weighted by Gasteiger charge is -2.13. The summed E-state index contributed by atoms with van der Waals surface area (Å²) in [5.41, 5.74) is 3.12. The van der Waals surface area contributed by atoms with Crippen molar-refractivity contribution in [2.75, 3.05) is 13.6 Å². The quantitative estimate of drug-likeness (QED) is 0.938. The van der Waals surface area contributed by atoms with Gasteiger partial charge in [-0.15, -0.1) is 21.5 Å². The minimum atomic E-state index is 0.638. The number of aromatic nitrogens is 2. The van der Waals surface area contributed by atoms with Gasteiger partial charge in [0.05, 0.1) is 0 Å². The molecule has 0 radical (unpaired) electrons. The van der Waals surface area contributed by atoms with Gasteiger partial charge in [0.25, 0.3) is 0 Å². The van der Waals surface area contributed by atoms with Crippen LogP contribution < -0.4 is 5.32 Å². The Morgan fingerprint density at radius 1 is 1.25 bits per heavy atom. The maximum Gasteiger partial charge on any atom is 0.121 e. The van der Waals surface area contributed by atoms with Crippen LogP contribution in [0.5, 0.6) is 0 Å². The zero-order valence-electron chi connectivity index (χ0n) is 11.7. The van der Waals surface area contributed by atoms with E-state index in [-0.39, 0.29) is 0 Å². The summed E-state index contributed by atoms with van der Waals surface area (Å²) >= 11 is 1.82. The molecule has 3 nitrogen and oxygen atoms in total. The Balaban J connectivity index is 1.56. The highest BCUT2D eigenvalue weighted by atomic mass is 32.1. The van der Waals surface area contributed by atoms with Gasteiger partial charge in [-0.1, -0.05) is 24.3 Å². The van der Waals surface area contributed by atoms with Gasteiger partial charge in [-0.2, -0.15) is 0 Å². The fraction of sp³-hybridized carbons (Fsp3) is 0.500. The van der Waals surface area contributed by atoms with Crippen molar-refractivity contribution >= 4 is 11.3 Å². The standard InChI is InChI=1S/C16H19N3S/c1-17-9-8-13-18-19-16(20-13)15-12-7-6-10-4-2-3-5-11(10)14(12)15/h2-5,12,14-15,17H,6-9H2,1H3.